The lowest BCUT2D eigenvalue weighted by Gasteiger charge is -2.35. The van der Waals surface area contributed by atoms with Gasteiger partial charge in [0.25, 0.3) is 0 Å². The van der Waals surface area contributed by atoms with E-state index < -0.39 is 0 Å². The molecule has 0 bridgehead atoms. The molecular formula is C25H27NO4. The van der Waals surface area contributed by atoms with E-state index in [4.69, 9.17) is 9.47 Å². The Morgan fingerprint density at radius 2 is 1.73 bits per heavy atom. The third-order valence-electron chi connectivity index (χ3n) is 6.20. The number of aryl methyl sites for hydroxylation is 1. The van der Waals surface area contributed by atoms with Crippen LogP contribution in [0.4, 0.5) is 0 Å². The number of carbonyl (C=O) groups excluding carboxylic acids is 2. The van der Waals surface area contributed by atoms with Gasteiger partial charge >= 0.3 is 0 Å². The lowest BCUT2D eigenvalue weighted by atomic mass is 9.73. The molecule has 1 aliphatic carbocycles. The summed E-state index contributed by atoms with van der Waals surface area (Å²) in [6, 6.07) is 13.9. The van der Waals surface area contributed by atoms with Gasteiger partial charge in [-0.3, -0.25) is 9.59 Å². The molecule has 2 aromatic rings. The number of hydrogen-bond donors (Lipinski definition) is 1. The van der Waals surface area contributed by atoms with Crippen molar-refractivity contribution in [3.05, 3.63) is 70.4 Å². The molecule has 0 saturated heterocycles. The van der Waals surface area contributed by atoms with E-state index >= 15 is 0 Å². The quantitative estimate of drug-likeness (QED) is 0.807. The number of rotatable bonds is 5. The average molecular weight is 405 g/mol. The highest BCUT2D eigenvalue weighted by Crippen LogP contribution is 2.45. The molecule has 5 nitrogen and oxygen atoms in total. The second-order valence-corrected chi connectivity index (χ2v) is 7.93. The predicted octanol–water partition coefficient (Wildman–Crippen LogP) is 4.27. The van der Waals surface area contributed by atoms with Gasteiger partial charge in [0.1, 0.15) is 11.5 Å². The number of ether oxygens (including phenoxy) is 2. The Balaban J connectivity index is 1.71. The fourth-order valence-corrected chi connectivity index (χ4v) is 4.61. The molecule has 0 spiro atoms. The molecule has 5 heteroatoms. The molecule has 0 radical (unpaired) electrons. The van der Waals surface area contributed by atoms with E-state index in [0.717, 1.165) is 40.3 Å². The van der Waals surface area contributed by atoms with Crippen molar-refractivity contribution in [3.63, 3.8) is 0 Å². The number of ketones is 1. The van der Waals surface area contributed by atoms with Gasteiger partial charge in [-0.25, -0.2) is 0 Å². The maximum Gasteiger partial charge on any atom is 0.225 e. The number of Topliss-reactive ketones (excluding diaryl/α,β-unsaturated/α-hetero) is 1. The highest BCUT2D eigenvalue weighted by Gasteiger charge is 2.38. The summed E-state index contributed by atoms with van der Waals surface area (Å²) in [6.45, 7) is 2.11. The maximum absolute atomic E-state index is 13.3. The number of carbonyl (C=O) groups is 2. The Kier molecular flexibility index (Phi) is 5.62. The molecular weight excluding hydrogens is 378 g/mol. The third-order valence-corrected chi connectivity index (χ3v) is 6.20. The van der Waals surface area contributed by atoms with Crippen LogP contribution >= 0.6 is 0 Å². The lowest BCUT2D eigenvalue weighted by Crippen LogP contribution is -2.38. The van der Waals surface area contributed by atoms with E-state index in [2.05, 4.69) is 36.5 Å². The van der Waals surface area contributed by atoms with Crippen molar-refractivity contribution in [2.24, 2.45) is 0 Å². The van der Waals surface area contributed by atoms with Crippen LogP contribution in [-0.2, 0) is 16.0 Å². The summed E-state index contributed by atoms with van der Waals surface area (Å²) in [5, 5.41) is 2.98. The second kappa shape index (κ2) is 8.34. The molecule has 0 aromatic heterocycles. The topological polar surface area (TPSA) is 64.6 Å². The molecule has 4 rings (SSSR count). The zero-order chi connectivity index (χ0) is 21.3. The van der Waals surface area contributed by atoms with E-state index in [1.807, 2.05) is 18.2 Å². The van der Waals surface area contributed by atoms with Crippen molar-refractivity contribution in [2.75, 3.05) is 14.2 Å². The molecule has 1 aliphatic heterocycles. The van der Waals surface area contributed by atoms with Crippen molar-refractivity contribution in [3.8, 4) is 11.5 Å². The van der Waals surface area contributed by atoms with Gasteiger partial charge in [0.15, 0.2) is 5.78 Å². The SMILES string of the molecule is CCc1ccc([C@H]2CC(=O)NC3=C2C(=O)C[C@H](c2cc(OC)ccc2OC)C3)cc1. The molecule has 2 aliphatic rings. The molecule has 0 unspecified atom stereocenters. The van der Waals surface area contributed by atoms with Crippen LogP contribution in [0, 0.1) is 0 Å². The fraction of sp³-hybridized carbons (Fsp3) is 0.360. The number of allylic oxidation sites excluding steroid dienone is 2. The average Bonchev–Trinajstić information content (AvgIpc) is 2.77. The Bertz CT molecular complexity index is 1010. The summed E-state index contributed by atoms with van der Waals surface area (Å²) >= 11 is 0. The van der Waals surface area contributed by atoms with Crippen molar-refractivity contribution in [2.45, 2.75) is 44.4 Å². The molecule has 2 aromatic carbocycles. The van der Waals surface area contributed by atoms with Crippen LogP contribution in [0.15, 0.2) is 53.7 Å². The lowest BCUT2D eigenvalue weighted by molar-refractivity contribution is -0.122. The van der Waals surface area contributed by atoms with Gasteiger partial charge in [0.2, 0.25) is 5.91 Å². The summed E-state index contributed by atoms with van der Waals surface area (Å²) in [4.78, 5) is 25.8. The summed E-state index contributed by atoms with van der Waals surface area (Å²) in [6.07, 6.45) is 2.26. The van der Waals surface area contributed by atoms with Crippen LogP contribution in [-0.4, -0.2) is 25.9 Å². The van der Waals surface area contributed by atoms with Gasteiger partial charge < -0.3 is 14.8 Å². The van der Waals surface area contributed by atoms with Crippen LogP contribution < -0.4 is 14.8 Å². The van der Waals surface area contributed by atoms with E-state index in [1.54, 1.807) is 14.2 Å². The minimum Gasteiger partial charge on any atom is -0.497 e. The zero-order valence-corrected chi connectivity index (χ0v) is 17.7. The van der Waals surface area contributed by atoms with E-state index in [1.165, 1.54) is 5.56 Å². The van der Waals surface area contributed by atoms with Crippen LogP contribution in [0.3, 0.4) is 0 Å². The Labute approximate surface area is 177 Å². The van der Waals surface area contributed by atoms with Crippen LogP contribution in [0.2, 0.25) is 0 Å². The Morgan fingerprint density at radius 1 is 0.967 bits per heavy atom. The van der Waals surface area contributed by atoms with Crippen LogP contribution in [0.25, 0.3) is 0 Å². The fourth-order valence-electron chi connectivity index (χ4n) is 4.61. The highest BCUT2D eigenvalue weighted by atomic mass is 16.5. The van der Waals surface area contributed by atoms with E-state index in [9.17, 15) is 9.59 Å². The largest absolute Gasteiger partial charge is 0.497 e. The minimum absolute atomic E-state index is 0.0376. The Morgan fingerprint density at radius 3 is 2.40 bits per heavy atom. The summed E-state index contributed by atoms with van der Waals surface area (Å²) < 4.78 is 10.9. The number of benzene rings is 2. The number of methoxy groups -OCH3 is 2. The van der Waals surface area contributed by atoms with E-state index in [-0.39, 0.29) is 23.5 Å². The monoisotopic (exact) mass is 405 g/mol. The molecule has 0 saturated carbocycles. The number of nitrogens with one attached hydrogen (secondary N) is 1. The zero-order valence-electron chi connectivity index (χ0n) is 17.7. The van der Waals surface area contributed by atoms with Gasteiger partial charge in [0.05, 0.1) is 14.2 Å². The van der Waals surface area contributed by atoms with Crippen molar-refractivity contribution in [1.29, 1.82) is 0 Å². The van der Waals surface area contributed by atoms with Gasteiger partial charge in [-0.05, 0) is 42.2 Å². The molecule has 0 fully saturated rings. The summed E-state index contributed by atoms with van der Waals surface area (Å²) in [5.74, 6) is 1.26. The number of amides is 1. The maximum atomic E-state index is 13.3. The standard InChI is InChI=1S/C25H27NO4/c1-4-15-5-7-16(8-6-15)20-14-24(28)26-21-11-17(12-22(27)25(20)21)19-13-18(29-2)9-10-23(19)30-3/h5-10,13,17,20H,4,11-12,14H2,1-3H3,(H,26,28)/t17-,20-/m1/s1. The molecule has 1 N–H and O–H groups in total. The summed E-state index contributed by atoms with van der Waals surface area (Å²) in [7, 11) is 3.24. The third kappa shape index (κ3) is 3.72. The van der Waals surface area contributed by atoms with Crippen molar-refractivity contribution >= 4 is 11.7 Å². The second-order valence-electron chi connectivity index (χ2n) is 7.93. The molecule has 30 heavy (non-hydrogen) atoms. The first-order valence-electron chi connectivity index (χ1n) is 10.4. The van der Waals surface area contributed by atoms with Gasteiger partial charge in [-0.2, -0.15) is 0 Å². The number of hydrogen-bond acceptors (Lipinski definition) is 4. The molecule has 2 atom stereocenters. The van der Waals surface area contributed by atoms with Gasteiger partial charge in [0, 0.05) is 41.5 Å². The highest BCUT2D eigenvalue weighted by molar-refractivity contribution is 6.02. The first-order chi connectivity index (χ1) is 14.5. The first kappa shape index (κ1) is 20.2. The normalized spacial score (nSPS) is 21.2. The van der Waals surface area contributed by atoms with Crippen molar-refractivity contribution in [1.82, 2.24) is 5.32 Å². The van der Waals surface area contributed by atoms with Crippen molar-refractivity contribution < 1.29 is 19.1 Å². The van der Waals surface area contributed by atoms with Gasteiger partial charge in [-0.1, -0.05) is 31.2 Å². The van der Waals surface area contributed by atoms with Crippen LogP contribution in [0.5, 0.6) is 11.5 Å². The molecule has 1 heterocycles. The Hall–Kier alpha value is -3.08. The smallest absolute Gasteiger partial charge is 0.225 e. The summed E-state index contributed by atoms with van der Waals surface area (Å²) in [5.41, 5.74) is 4.72. The van der Waals surface area contributed by atoms with E-state index in [0.29, 0.717) is 19.3 Å². The van der Waals surface area contributed by atoms with Gasteiger partial charge in [-0.15, -0.1) is 0 Å². The first-order valence-corrected chi connectivity index (χ1v) is 10.4. The predicted molar refractivity (Wildman–Crippen MR) is 115 cm³/mol. The molecule has 156 valence electrons. The minimum atomic E-state index is -0.180. The van der Waals surface area contributed by atoms with Crippen LogP contribution in [0.1, 0.15) is 54.7 Å². The molecule has 1 amide bonds.